The minimum Gasteiger partial charge on any atom is -0.352 e. The summed E-state index contributed by atoms with van der Waals surface area (Å²) in [6.45, 7) is 4.34. The molecule has 1 saturated heterocycles. The lowest BCUT2D eigenvalue weighted by atomic mass is 9.97. The average molecular weight is 441 g/mol. The second-order valence-electron chi connectivity index (χ2n) is 7.39. The van der Waals surface area contributed by atoms with Crippen molar-refractivity contribution < 1.29 is 4.79 Å². The number of carbonyl (C=O) groups excluding carboxylic acids is 1. The number of amides is 1. The Bertz CT molecular complexity index is 966. The maximum Gasteiger partial charge on any atom is 0.225 e. The molecular formula is C22H25BrN4O. The molecule has 0 saturated carbocycles. The molecule has 1 fully saturated rings. The van der Waals surface area contributed by atoms with E-state index in [1.54, 1.807) is 0 Å². The summed E-state index contributed by atoms with van der Waals surface area (Å²) in [6, 6.07) is 14.5. The van der Waals surface area contributed by atoms with Gasteiger partial charge in [0.2, 0.25) is 11.9 Å². The number of aromatic nitrogens is 2. The third-order valence-electron chi connectivity index (χ3n) is 5.42. The summed E-state index contributed by atoms with van der Waals surface area (Å²) < 4.78 is 1.03. The molecule has 0 bridgehead atoms. The zero-order chi connectivity index (χ0) is 19.5. The van der Waals surface area contributed by atoms with Gasteiger partial charge >= 0.3 is 0 Å². The fourth-order valence-electron chi connectivity index (χ4n) is 3.73. The Morgan fingerprint density at radius 3 is 2.82 bits per heavy atom. The first kappa shape index (κ1) is 19.0. The maximum atomic E-state index is 12.7. The number of nitrogens with zero attached hydrogens (tertiary/aromatic N) is 2. The second kappa shape index (κ2) is 8.35. The molecule has 3 aromatic rings. The summed E-state index contributed by atoms with van der Waals surface area (Å²) in [4.78, 5) is 23.0. The van der Waals surface area contributed by atoms with Crippen molar-refractivity contribution >= 4 is 38.8 Å². The van der Waals surface area contributed by atoms with Crippen LogP contribution in [0.15, 0.2) is 46.9 Å². The van der Waals surface area contributed by atoms with E-state index in [1.165, 1.54) is 5.56 Å². The zero-order valence-corrected chi connectivity index (χ0v) is 17.6. The van der Waals surface area contributed by atoms with Crippen molar-refractivity contribution in [2.75, 3.05) is 18.0 Å². The van der Waals surface area contributed by atoms with Crippen LogP contribution < -0.4 is 10.2 Å². The zero-order valence-electron chi connectivity index (χ0n) is 16.0. The number of H-pyrrole nitrogens is 1. The Balaban J connectivity index is 1.38. The molecule has 1 aliphatic rings. The minimum absolute atomic E-state index is 0.0105. The van der Waals surface area contributed by atoms with Crippen LogP contribution in [-0.4, -0.2) is 29.0 Å². The minimum atomic E-state index is -0.0105. The van der Waals surface area contributed by atoms with E-state index in [0.717, 1.165) is 52.8 Å². The molecule has 1 atom stereocenters. The van der Waals surface area contributed by atoms with Gasteiger partial charge in [0.05, 0.1) is 17.0 Å². The van der Waals surface area contributed by atoms with Crippen molar-refractivity contribution in [2.45, 2.75) is 32.7 Å². The number of benzene rings is 2. The number of nitrogens with one attached hydrogen (secondary N) is 2. The highest BCUT2D eigenvalue weighted by atomic mass is 79.9. The number of fused-ring (bicyclic) bond motifs is 1. The number of rotatable bonds is 5. The smallest absolute Gasteiger partial charge is 0.225 e. The molecule has 5 nitrogen and oxygen atoms in total. The lowest BCUT2D eigenvalue weighted by Crippen LogP contribution is -2.43. The molecule has 0 unspecified atom stereocenters. The maximum absolute atomic E-state index is 12.7. The highest BCUT2D eigenvalue weighted by Gasteiger charge is 2.27. The van der Waals surface area contributed by atoms with Gasteiger partial charge in [0.15, 0.2) is 0 Å². The summed E-state index contributed by atoms with van der Waals surface area (Å²) in [6.07, 6.45) is 2.94. The molecule has 1 amide bonds. The fraction of sp³-hybridized carbons (Fsp3) is 0.364. The lowest BCUT2D eigenvalue weighted by Gasteiger charge is -2.31. The van der Waals surface area contributed by atoms with E-state index < -0.39 is 0 Å². The number of halogens is 1. The summed E-state index contributed by atoms with van der Waals surface area (Å²) in [5.74, 6) is 0.965. The number of hydrogen-bond acceptors (Lipinski definition) is 3. The van der Waals surface area contributed by atoms with Crippen LogP contribution in [0.5, 0.6) is 0 Å². The van der Waals surface area contributed by atoms with Crippen LogP contribution in [0.2, 0.25) is 0 Å². The van der Waals surface area contributed by atoms with E-state index in [4.69, 9.17) is 4.98 Å². The van der Waals surface area contributed by atoms with Crippen molar-refractivity contribution in [1.29, 1.82) is 0 Å². The first-order chi connectivity index (χ1) is 13.6. The predicted molar refractivity (Wildman–Crippen MR) is 116 cm³/mol. The van der Waals surface area contributed by atoms with Crippen LogP contribution in [0.4, 0.5) is 5.95 Å². The van der Waals surface area contributed by atoms with Gasteiger partial charge in [0, 0.05) is 24.1 Å². The number of anilines is 1. The van der Waals surface area contributed by atoms with Gasteiger partial charge in [-0.1, -0.05) is 47.1 Å². The van der Waals surface area contributed by atoms with E-state index >= 15 is 0 Å². The van der Waals surface area contributed by atoms with Crippen LogP contribution in [0.1, 0.15) is 30.9 Å². The van der Waals surface area contributed by atoms with Gasteiger partial charge in [-0.15, -0.1) is 0 Å². The van der Waals surface area contributed by atoms with Gasteiger partial charge in [-0.3, -0.25) is 4.79 Å². The van der Waals surface area contributed by atoms with Gasteiger partial charge < -0.3 is 15.2 Å². The van der Waals surface area contributed by atoms with Crippen molar-refractivity contribution in [3.05, 3.63) is 58.1 Å². The predicted octanol–water partition coefficient (Wildman–Crippen LogP) is 4.42. The van der Waals surface area contributed by atoms with E-state index in [0.29, 0.717) is 13.1 Å². The molecule has 2 heterocycles. The van der Waals surface area contributed by atoms with Gasteiger partial charge in [-0.2, -0.15) is 0 Å². The Hall–Kier alpha value is -2.34. The molecule has 1 aromatic heterocycles. The first-order valence-corrected chi connectivity index (χ1v) is 10.7. The molecule has 0 aliphatic carbocycles. The number of carbonyl (C=O) groups is 1. The molecule has 4 rings (SSSR count). The van der Waals surface area contributed by atoms with Crippen molar-refractivity contribution in [3.8, 4) is 0 Å². The number of piperidine rings is 1. The highest BCUT2D eigenvalue weighted by Crippen LogP contribution is 2.25. The Morgan fingerprint density at radius 1 is 1.25 bits per heavy atom. The molecular weight excluding hydrogens is 416 g/mol. The summed E-state index contributed by atoms with van der Waals surface area (Å²) in [7, 11) is 0. The quantitative estimate of drug-likeness (QED) is 0.616. The Labute approximate surface area is 173 Å². The third kappa shape index (κ3) is 4.22. The third-order valence-corrected chi connectivity index (χ3v) is 5.91. The summed E-state index contributed by atoms with van der Waals surface area (Å²) >= 11 is 3.50. The average Bonchev–Trinajstić information content (AvgIpc) is 3.15. The highest BCUT2D eigenvalue weighted by molar-refractivity contribution is 9.10. The van der Waals surface area contributed by atoms with Crippen molar-refractivity contribution in [2.24, 2.45) is 5.92 Å². The van der Waals surface area contributed by atoms with Gasteiger partial charge in [0.1, 0.15) is 0 Å². The molecule has 1 aliphatic heterocycles. The second-order valence-corrected chi connectivity index (χ2v) is 8.31. The fourth-order valence-corrected chi connectivity index (χ4v) is 4.09. The molecule has 28 heavy (non-hydrogen) atoms. The summed E-state index contributed by atoms with van der Waals surface area (Å²) in [5.41, 5.74) is 4.41. The Kier molecular flexibility index (Phi) is 5.67. The van der Waals surface area contributed by atoms with Crippen LogP contribution in [0, 0.1) is 5.92 Å². The standard InChI is InChI=1S/C22H25BrN4O/c1-2-15-5-7-16(8-6-15)13-24-21(28)17-4-3-11-27(14-17)22-25-19-10-9-18(23)12-20(19)26-22/h5-10,12,17H,2-4,11,13-14H2,1H3,(H,24,28)(H,25,26)/t17-/m0/s1. The molecule has 2 N–H and O–H groups in total. The van der Waals surface area contributed by atoms with E-state index in [1.807, 2.05) is 18.2 Å². The largest absolute Gasteiger partial charge is 0.352 e. The number of aryl methyl sites for hydroxylation is 1. The van der Waals surface area contributed by atoms with Gasteiger partial charge in [-0.25, -0.2) is 4.98 Å². The number of hydrogen-bond donors (Lipinski definition) is 2. The summed E-state index contributed by atoms with van der Waals surface area (Å²) in [5, 5.41) is 3.11. The van der Waals surface area contributed by atoms with Crippen LogP contribution >= 0.6 is 15.9 Å². The lowest BCUT2D eigenvalue weighted by molar-refractivity contribution is -0.125. The van der Waals surface area contributed by atoms with Crippen LogP contribution in [0.25, 0.3) is 11.0 Å². The van der Waals surface area contributed by atoms with Crippen LogP contribution in [0.3, 0.4) is 0 Å². The van der Waals surface area contributed by atoms with Gasteiger partial charge in [0.25, 0.3) is 0 Å². The number of imidazole rings is 1. The topological polar surface area (TPSA) is 61.0 Å². The Morgan fingerprint density at radius 2 is 2.04 bits per heavy atom. The van der Waals surface area contributed by atoms with Crippen LogP contribution in [-0.2, 0) is 17.8 Å². The van der Waals surface area contributed by atoms with Crippen molar-refractivity contribution in [1.82, 2.24) is 15.3 Å². The number of aromatic amines is 1. The van der Waals surface area contributed by atoms with Crippen molar-refractivity contribution in [3.63, 3.8) is 0 Å². The first-order valence-electron chi connectivity index (χ1n) is 9.88. The molecule has 0 spiro atoms. The van der Waals surface area contributed by atoms with E-state index in [2.05, 4.69) is 62.3 Å². The van der Waals surface area contributed by atoms with E-state index in [9.17, 15) is 4.79 Å². The van der Waals surface area contributed by atoms with E-state index in [-0.39, 0.29) is 11.8 Å². The SMILES string of the molecule is CCc1ccc(CNC(=O)[C@H]2CCCN(c3nc4ccc(Br)cc4[nH]3)C2)cc1. The molecule has 146 valence electrons. The normalized spacial score (nSPS) is 17.1. The molecule has 2 aromatic carbocycles. The monoisotopic (exact) mass is 440 g/mol. The molecule has 0 radical (unpaired) electrons. The van der Waals surface area contributed by atoms with Gasteiger partial charge in [-0.05, 0) is 48.6 Å². The molecule has 6 heteroatoms.